The number of rotatable bonds is 6. The molecule has 7 nitrogen and oxygen atoms in total. The lowest BCUT2D eigenvalue weighted by Crippen LogP contribution is -2.06. The van der Waals surface area contributed by atoms with Gasteiger partial charge in [0.25, 0.3) is 5.89 Å². The Morgan fingerprint density at radius 3 is 2.41 bits per heavy atom. The van der Waals surface area contributed by atoms with Crippen molar-refractivity contribution in [1.29, 1.82) is 0 Å². The van der Waals surface area contributed by atoms with E-state index in [0.717, 1.165) is 12.1 Å². The Kier molecular flexibility index (Phi) is 5.30. The van der Waals surface area contributed by atoms with Crippen molar-refractivity contribution in [3.05, 3.63) is 59.5 Å². The Labute approximate surface area is 152 Å². The van der Waals surface area contributed by atoms with Crippen molar-refractivity contribution in [3.63, 3.8) is 0 Å². The number of hydrogen-bond donors (Lipinski definition) is 0. The summed E-state index contributed by atoms with van der Waals surface area (Å²) in [4.78, 5) is 16.0. The highest BCUT2D eigenvalue weighted by Gasteiger charge is 2.15. The first-order valence-corrected chi connectivity index (χ1v) is 7.68. The van der Waals surface area contributed by atoms with Gasteiger partial charge < -0.3 is 18.7 Å². The van der Waals surface area contributed by atoms with E-state index in [-0.39, 0.29) is 23.9 Å². The zero-order valence-electron chi connectivity index (χ0n) is 14.4. The van der Waals surface area contributed by atoms with Crippen LogP contribution in [0.3, 0.4) is 0 Å². The first-order chi connectivity index (χ1) is 13.0. The highest BCUT2D eigenvalue weighted by Crippen LogP contribution is 2.31. The van der Waals surface area contributed by atoms with Gasteiger partial charge in [-0.15, -0.1) is 0 Å². The summed E-state index contributed by atoms with van der Waals surface area (Å²) in [6.45, 7) is -0.350. The highest BCUT2D eigenvalue weighted by molar-refractivity contribution is 5.89. The number of methoxy groups -OCH3 is 2. The molecule has 0 aliphatic rings. The molecular weight excluding hydrogens is 362 g/mol. The lowest BCUT2D eigenvalue weighted by Gasteiger charge is -2.07. The van der Waals surface area contributed by atoms with Gasteiger partial charge in [-0.1, -0.05) is 5.16 Å². The van der Waals surface area contributed by atoms with E-state index in [9.17, 15) is 13.6 Å². The summed E-state index contributed by atoms with van der Waals surface area (Å²) in [5, 5.41) is 3.80. The summed E-state index contributed by atoms with van der Waals surface area (Å²) in [6, 6.07) is 7.45. The van der Waals surface area contributed by atoms with E-state index in [1.165, 1.54) is 14.2 Å². The minimum atomic E-state index is -0.917. The van der Waals surface area contributed by atoms with Crippen molar-refractivity contribution in [2.45, 2.75) is 6.61 Å². The van der Waals surface area contributed by atoms with Crippen LogP contribution in [0.5, 0.6) is 11.5 Å². The number of nitrogens with zero attached hydrogens (tertiary/aromatic N) is 2. The number of aromatic nitrogens is 2. The molecule has 0 aliphatic carbocycles. The van der Waals surface area contributed by atoms with E-state index >= 15 is 0 Å². The third-order valence-corrected chi connectivity index (χ3v) is 3.53. The molecule has 9 heteroatoms. The molecule has 0 amide bonds. The summed E-state index contributed by atoms with van der Waals surface area (Å²) < 4.78 is 46.6. The van der Waals surface area contributed by atoms with Gasteiger partial charge in [-0.25, -0.2) is 13.6 Å². The van der Waals surface area contributed by atoms with Crippen LogP contribution in [-0.4, -0.2) is 30.3 Å². The third kappa shape index (κ3) is 4.20. The molecule has 0 saturated heterocycles. The summed E-state index contributed by atoms with van der Waals surface area (Å²) in [5.41, 5.74) is 0.341. The van der Waals surface area contributed by atoms with Crippen LogP contribution in [0.15, 0.2) is 40.9 Å². The molecule has 1 aromatic heterocycles. The van der Waals surface area contributed by atoms with E-state index in [1.807, 2.05) is 0 Å². The molecule has 0 N–H and O–H groups in total. The van der Waals surface area contributed by atoms with E-state index < -0.39 is 17.6 Å². The zero-order valence-corrected chi connectivity index (χ0v) is 14.4. The smallest absolute Gasteiger partial charge is 0.338 e. The van der Waals surface area contributed by atoms with Gasteiger partial charge in [0.2, 0.25) is 5.82 Å². The van der Waals surface area contributed by atoms with Crippen LogP contribution in [0.25, 0.3) is 11.4 Å². The maximum absolute atomic E-state index is 13.2. The fraction of sp³-hybridized carbons (Fsp3) is 0.167. The van der Waals surface area contributed by atoms with Crippen LogP contribution in [0, 0.1) is 11.6 Å². The summed E-state index contributed by atoms with van der Waals surface area (Å²) in [7, 11) is 3.01. The fourth-order valence-electron chi connectivity index (χ4n) is 2.29. The molecule has 0 fully saturated rings. The fourth-order valence-corrected chi connectivity index (χ4v) is 2.29. The van der Waals surface area contributed by atoms with Crippen LogP contribution < -0.4 is 9.47 Å². The largest absolute Gasteiger partial charge is 0.493 e. The van der Waals surface area contributed by atoms with Crippen molar-refractivity contribution >= 4 is 5.97 Å². The minimum Gasteiger partial charge on any atom is -0.493 e. The normalized spacial score (nSPS) is 10.5. The molecule has 0 atom stereocenters. The molecule has 27 heavy (non-hydrogen) atoms. The van der Waals surface area contributed by atoms with Crippen LogP contribution in [-0.2, 0) is 11.3 Å². The van der Waals surface area contributed by atoms with Gasteiger partial charge in [-0.05, 0) is 30.3 Å². The second-order valence-corrected chi connectivity index (χ2v) is 5.32. The molecule has 0 aliphatic heterocycles. The van der Waals surface area contributed by atoms with Crippen molar-refractivity contribution in [3.8, 4) is 22.9 Å². The van der Waals surface area contributed by atoms with Gasteiger partial charge >= 0.3 is 5.97 Å². The van der Waals surface area contributed by atoms with Gasteiger partial charge in [0.05, 0.1) is 19.8 Å². The molecule has 3 aromatic rings. The quantitative estimate of drug-likeness (QED) is 0.610. The molecule has 140 valence electrons. The van der Waals surface area contributed by atoms with Crippen LogP contribution in [0.2, 0.25) is 0 Å². The Morgan fingerprint density at radius 1 is 1.04 bits per heavy atom. The van der Waals surface area contributed by atoms with Crippen LogP contribution >= 0.6 is 0 Å². The van der Waals surface area contributed by atoms with Crippen LogP contribution in [0.4, 0.5) is 8.78 Å². The summed E-state index contributed by atoms with van der Waals surface area (Å²) in [5.74, 6) is -1.38. The monoisotopic (exact) mass is 376 g/mol. The van der Waals surface area contributed by atoms with E-state index in [2.05, 4.69) is 10.1 Å². The molecule has 1 heterocycles. The number of carbonyl (C=O) groups excluding carboxylic acids is 1. The molecule has 0 bridgehead atoms. The number of ether oxygens (including phenoxy) is 3. The topological polar surface area (TPSA) is 83.7 Å². The summed E-state index contributed by atoms with van der Waals surface area (Å²) >= 11 is 0. The first-order valence-electron chi connectivity index (χ1n) is 7.68. The van der Waals surface area contributed by atoms with Crippen molar-refractivity contribution in [2.75, 3.05) is 14.2 Å². The molecule has 0 unspecified atom stereocenters. The van der Waals surface area contributed by atoms with Crippen LogP contribution in [0.1, 0.15) is 16.2 Å². The van der Waals surface area contributed by atoms with E-state index in [1.54, 1.807) is 18.2 Å². The van der Waals surface area contributed by atoms with Crippen molar-refractivity contribution < 1.29 is 32.3 Å². The minimum absolute atomic E-state index is 0.0185. The maximum Gasteiger partial charge on any atom is 0.338 e. The predicted octanol–water partition coefficient (Wildman–Crippen LogP) is 3.39. The van der Waals surface area contributed by atoms with Gasteiger partial charge in [0.1, 0.15) is 11.6 Å². The average Bonchev–Trinajstić information content (AvgIpc) is 3.13. The SMILES string of the molecule is COc1ccc(-c2noc(COC(=O)c3cc(F)cc(F)c3)n2)cc1OC. The number of carbonyl (C=O) groups is 1. The molecule has 2 aromatic carbocycles. The zero-order chi connectivity index (χ0) is 19.4. The molecule has 0 spiro atoms. The van der Waals surface area contributed by atoms with Gasteiger partial charge in [-0.2, -0.15) is 4.98 Å². The standard InChI is InChI=1S/C18H14F2N2O5/c1-24-14-4-3-10(7-15(14)25-2)17-21-16(27-22-17)9-26-18(23)11-5-12(19)8-13(20)6-11/h3-8H,9H2,1-2H3. The van der Waals surface area contributed by atoms with E-state index in [4.69, 9.17) is 18.7 Å². The number of benzene rings is 2. The average molecular weight is 376 g/mol. The number of esters is 1. The predicted molar refractivity (Wildman–Crippen MR) is 88.3 cm³/mol. The number of halogens is 2. The van der Waals surface area contributed by atoms with E-state index in [0.29, 0.717) is 23.1 Å². The molecule has 0 radical (unpaired) electrons. The highest BCUT2D eigenvalue weighted by atomic mass is 19.1. The van der Waals surface area contributed by atoms with Gasteiger partial charge in [-0.3, -0.25) is 0 Å². The Hall–Kier alpha value is -3.49. The Bertz CT molecular complexity index is 954. The molecular formula is C18H14F2N2O5. The lowest BCUT2D eigenvalue weighted by molar-refractivity contribution is 0.0428. The summed E-state index contributed by atoms with van der Waals surface area (Å²) in [6.07, 6.45) is 0. The third-order valence-electron chi connectivity index (χ3n) is 3.53. The van der Waals surface area contributed by atoms with Gasteiger partial charge in [0.15, 0.2) is 18.1 Å². The molecule has 0 saturated carbocycles. The Morgan fingerprint density at radius 2 is 1.74 bits per heavy atom. The van der Waals surface area contributed by atoms with Gasteiger partial charge in [0, 0.05) is 11.6 Å². The Balaban J connectivity index is 1.70. The van der Waals surface area contributed by atoms with Crippen molar-refractivity contribution in [2.24, 2.45) is 0 Å². The second kappa shape index (κ2) is 7.81. The van der Waals surface area contributed by atoms with Crippen molar-refractivity contribution in [1.82, 2.24) is 10.1 Å². The molecule has 3 rings (SSSR count). The maximum atomic E-state index is 13.2. The number of hydrogen-bond acceptors (Lipinski definition) is 7. The first kappa shape index (κ1) is 18.3. The lowest BCUT2D eigenvalue weighted by atomic mass is 10.2. The second-order valence-electron chi connectivity index (χ2n) is 5.32.